The highest BCUT2D eigenvalue weighted by atomic mass is 16.6. The van der Waals surface area contributed by atoms with Crippen molar-refractivity contribution < 1.29 is 14.6 Å². The fourth-order valence-corrected chi connectivity index (χ4v) is 1.94. The molecule has 2 fully saturated rings. The molecule has 4 unspecified atom stereocenters. The van der Waals surface area contributed by atoms with E-state index >= 15 is 0 Å². The Morgan fingerprint density at radius 1 is 1.55 bits per heavy atom. The van der Waals surface area contributed by atoms with Crippen molar-refractivity contribution in [1.82, 2.24) is 0 Å². The molecule has 4 atom stereocenters. The number of fused-ring (bicyclic) bond motifs is 1. The Morgan fingerprint density at radius 3 is 3.00 bits per heavy atom. The molecule has 1 heterocycles. The molecule has 0 spiro atoms. The molecule has 1 aliphatic heterocycles. The Bertz CT molecular complexity index is 148. The van der Waals surface area contributed by atoms with Crippen molar-refractivity contribution in [3.8, 4) is 0 Å². The van der Waals surface area contributed by atoms with Crippen LogP contribution in [-0.4, -0.2) is 37.1 Å². The lowest BCUT2D eigenvalue weighted by molar-refractivity contribution is 0.0417. The number of epoxide rings is 1. The first-order valence-corrected chi connectivity index (χ1v) is 4.14. The Morgan fingerprint density at radius 2 is 2.36 bits per heavy atom. The molecule has 64 valence electrons. The average molecular weight is 158 g/mol. The normalized spacial score (nSPS) is 48.5. The number of aliphatic hydroxyl groups excluding tert-OH is 1. The molecule has 0 aromatic heterocycles. The fourth-order valence-electron chi connectivity index (χ4n) is 1.94. The van der Waals surface area contributed by atoms with Gasteiger partial charge in [-0.2, -0.15) is 0 Å². The monoisotopic (exact) mass is 158 g/mol. The zero-order valence-electron chi connectivity index (χ0n) is 6.69. The molecule has 1 saturated heterocycles. The Labute approximate surface area is 66.3 Å². The standard InChI is InChI=1S/C8H14O3/c1-10-6-2-5(4-9)3-7-8(6)11-7/h5-9H,2-4H2,1H3. The van der Waals surface area contributed by atoms with Gasteiger partial charge in [0.05, 0.1) is 12.2 Å². The lowest BCUT2D eigenvalue weighted by Crippen LogP contribution is -2.30. The van der Waals surface area contributed by atoms with Crippen molar-refractivity contribution in [2.45, 2.75) is 31.2 Å². The third-order valence-electron chi connectivity index (χ3n) is 2.68. The summed E-state index contributed by atoms with van der Waals surface area (Å²) in [5.74, 6) is 0.392. The smallest absolute Gasteiger partial charge is 0.110 e. The van der Waals surface area contributed by atoms with Gasteiger partial charge in [0.2, 0.25) is 0 Å². The van der Waals surface area contributed by atoms with Crippen LogP contribution >= 0.6 is 0 Å². The molecule has 11 heavy (non-hydrogen) atoms. The largest absolute Gasteiger partial charge is 0.396 e. The van der Waals surface area contributed by atoms with Crippen LogP contribution in [0, 0.1) is 5.92 Å². The molecule has 1 saturated carbocycles. The maximum Gasteiger partial charge on any atom is 0.110 e. The average Bonchev–Trinajstić information content (AvgIpc) is 2.80. The van der Waals surface area contributed by atoms with Gasteiger partial charge in [-0.1, -0.05) is 0 Å². The minimum absolute atomic E-state index is 0.228. The summed E-state index contributed by atoms with van der Waals surface area (Å²) in [7, 11) is 1.71. The highest BCUT2D eigenvalue weighted by Crippen LogP contribution is 2.40. The molecule has 1 aliphatic carbocycles. The molecule has 0 aromatic rings. The van der Waals surface area contributed by atoms with Crippen LogP contribution in [0.3, 0.4) is 0 Å². The number of methoxy groups -OCH3 is 1. The van der Waals surface area contributed by atoms with Crippen LogP contribution in [0.2, 0.25) is 0 Å². The summed E-state index contributed by atoms with van der Waals surface area (Å²) in [6, 6.07) is 0. The van der Waals surface area contributed by atoms with E-state index in [1.165, 1.54) is 0 Å². The van der Waals surface area contributed by atoms with Gasteiger partial charge in [0.15, 0.2) is 0 Å². The first kappa shape index (κ1) is 7.53. The minimum atomic E-state index is 0.228. The van der Waals surface area contributed by atoms with E-state index in [1.807, 2.05) is 0 Å². The van der Waals surface area contributed by atoms with E-state index in [2.05, 4.69) is 0 Å². The van der Waals surface area contributed by atoms with Crippen molar-refractivity contribution in [2.75, 3.05) is 13.7 Å². The molecule has 3 nitrogen and oxygen atoms in total. The van der Waals surface area contributed by atoms with Crippen LogP contribution in [-0.2, 0) is 9.47 Å². The first-order chi connectivity index (χ1) is 5.35. The fraction of sp³-hybridized carbons (Fsp3) is 1.00. The molecule has 0 aromatic carbocycles. The molecule has 3 heteroatoms. The van der Waals surface area contributed by atoms with Crippen LogP contribution in [0.1, 0.15) is 12.8 Å². The number of rotatable bonds is 2. The second-order valence-electron chi connectivity index (χ2n) is 3.43. The Balaban J connectivity index is 1.92. The van der Waals surface area contributed by atoms with E-state index < -0.39 is 0 Å². The lowest BCUT2D eigenvalue weighted by atomic mass is 9.88. The molecular weight excluding hydrogens is 144 g/mol. The highest BCUT2D eigenvalue weighted by Gasteiger charge is 2.50. The summed E-state index contributed by atoms with van der Waals surface area (Å²) in [5.41, 5.74) is 0. The molecular formula is C8H14O3. The van der Waals surface area contributed by atoms with E-state index in [0.29, 0.717) is 18.1 Å². The van der Waals surface area contributed by atoms with Crippen molar-refractivity contribution in [2.24, 2.45) is 5.92 Å². The third-order valence-corrected chi connectivity index (χ3v) is 2.68. The van der Waals surface area contributed by atoms with Gasteiger partial charge >= 0.3 is 0 Å². The summed E-state index contributed by atoms with van der Waals surface area (Å²) in [6.45, 7) is 0.270. The van der Waals surface area contributed by atoms with Crippen molar-refractivity contribution in [1.29, 1.82) is 0 Å². The lowest BCUT2D eigenvalue weighted by Gasteiger charge is -2.23. The summed E-state index contributed by atoms with van der Waals surface area (Å²) in [4.78, 5) is 0. The summed E-state index contributed by atoms with van der Waals surface area (Å²) >= 11 is 0. The summed E-state index contributed by atoms with van der Waals surface area (Å²) < 4.78 is 10.6. The van der Waals surface area contributed by atoms with E-state index in [-0.39, 0.29) is 12.7 Å². The predicted octanol–water partition coefficient (Wildman–Crippen LogP) is 0.171. The van der Waals surface area contributed by atoms with E-state index in [4.69, 9.17) is 14.6 Å². The first-order valence-electron chi connectivity index (χ1n) is 4.14. The molecule has 0 amide bonds. The molecule has 1 N–H and O–H groups in total. The second kappa shape index (κ2) is 2.73. The topological polar surface area (TPSA) is 42.0 Å². The SMILES string of the molecule is COC1CC(CO)CC2OC12. The molecule has 0 radical (unpaired) electrons. The second-order valence-corrected chi connectivity index (χ2v) is 3.43. The molecule has 2 aliphatic rings. The van der Waals surface area contributed by atoms with Gasteiger partial charge in [0.25, 0.3) is 0 Å². The van der Waals surface area contributed by atoms with Gasteiger partial charge in [0.1, 0.15) is 6.10 Å². The van der Waals surface area contributed by atoms with Crippen LogP contribution in [0.4, 0.5) is 0 Å². The minimum Gasteiger partial charge on any atom is -0.396 e. The van der Waals surface area contributed by atoms with Crippen LogP contribution in [0.5, 0.6) is 0 Å². The predicted molar refractivity (Wildman–Crippen MR) is 39.3 cm³/mol. The van der Waals surface area contributed by atoms with E-state index in [0.717, 1.165) is 12.8 Å². The zero-order valence-corrected chi connectivity index (χ0v) is 6.69. The van der Waals surface area contributed by atoms with Crippen molar-refractivity contribution in [3.63, 3.8) is 0 Å². The highest BCUT2D eigenvalue weighted by molar-refractivity contribution is 4.98. The third kappa shape index (κ3) is 1.28. The van der Waals surface area contributed by atoms with Crippen molar-refractivity contribution >= 4 is 0 Å². The molecule has 2 rings (SSSR count). The van der Waals surface area contributed by atoms with Gasteiger partial charge in [-0.25, -0.2) is 0 Å². The Kier molecular flexibility index (Phi) is 1.87. The van der Waals surface area contributed by atoms with Crippen LogP contribution in [0.25, 0.3) is 0 Å². The number of aliphatic hydroxyl groups is 1. The number of ether oxygens (including phenoxy) is 2. The number of hydrogen-bond acceptors (Lipinski definition) is 3. The summed E-state index contributed by atoms with van der Waals surface area (Å²) in [6.07, 6.45) is 2.91. The Hall–Kier alpha value is -0.120. The zero-order chi connectivity index (χ0) is 7.84. The molecule has 0 bridgehead atoms. The van der Waals surface area contributed by atoms with Gasteiger partial charge in [-0.05, 0) is 18.8 Å². The van der Waals surface area contributed by atoms with Crippen LogP contribution < -0.4 is 0 Å². The van der Waals surface area contributed by atoms with Gasteiger partial charge in [-0.3, -0.25) is 0 Å². The van der Waals surface area contributed by atoms with Crippen LogP contribution in [0.15, 0.2) is 0 Å². The van der Waals surface area contributed by atoms with E-state index in [1.54, 1.807) is 7.11 Å². The van der Waals surface area contributed by atoms with E-state index in [9.17, 15) is 0 Å². The maximum atomic E-state index is 8.93. The van der Waals surface area contributed by atoms with Crippen molar-refractivity contribution in [3.05, 3.63) is 0 Å². The summed E-state index contributed by atoms with van der Waals surface area (Å²) in [5, 5.41) is 8.93. The number of hydrogen-bond donors (Lipinski definition) is 1. The van der Waals surface area contributed by atoms with Gasteiger partial charge in [0, 0.05) is 13.7 Å². The van der Waals surface area contributed by atoms with Gasteiger partial charge < -0.3 is 14.6 Å². The van der Waals surface area contributed by atoms with Gasteiger partial charge in [-0.15, -0.1) is 0 Å². The quantitative estimate of drug-likeness (QED) is 0.582. The maximum absolute atomic E-state index is 8.93.